The van der Waals surface area contributed by atoms with Gasteiger partial charge in [-0.15, -0.1) is 0 Å². The summed E-state index contributed by atoms with van der Waals surface area (Å²) in [6, 6.07) is 13.1. The van der Waals surface area contributed by atoms with Crippen molar-refractivity contribution in [3.63, 3.8) is 0 Å². The summed E-state index contributed by atoms with van der Waals surface area (Å²) in [5.74, 6) is 1.21. The molecule has 0 aromatic heterocycles. The summed E-state index contributed by atoms with van der Waals surface area (Å²) in [6.45, 7) is 1.94. The fourth-order valence-electron chi connectivity index (χ4n) is 2.88. The van der Waals surface area contributed by atoms with Crippen LogP contribution in [0.25, 0.3) is 0 Å². The molecule has 0 atom stereocenters. The van der Waals surface area contributed by atoms with Gasteiger partial charge >= 0.3 is 6.61 Å². The van der Waals surface area contributed by atoms with Gasteiger partial charge in [-0.05, 0) is 42.9 Å². The number of methoxy groups -OCH3 is 1. The quantitative estimate of drug-likeness (QED) is 0.454. The van der Waals surface area contributed by atoms with Crippen LogP contribution in [0.15, 0.2) is 47.5 Å². The average Bonchev–Trinajstić information content (AvgIpc) is 2.74. The predicted molar refractivity (Wildman–Crippen MR) is 115 cm³/mol. The third-order valence-electron chi connectivity index (χ3n) is 4.60. The van der Waals surface area contributed by atoms with Gasteiger partial charge in [0, 0.05) is 32.2 Å². The lowest BCUT2D eigenvalue weighted by atomic mass is 10.1. The van der Waals surface area contributed by atoms with Crippen LogP contribution in [0.2, 0.25) is 0 Å². The van der Waals surface area contributed by atoms with Crippen LogP contribution in [0.3, 0.4) is 0 Å². The summed E-state index contributed by atoms with van der Waals surface area (Å²) in [4.78, 5) is 6.44. The normalized spacial score (nSPS) is 11.7. The molecule has 30 heavy (non-hydrogen) atoms. The van der Waals surface area contributed by atoms with Gasteiger partial charge in [-0.3, -0.25) is 4.99 Å². The zero-order valence-electron chi connectivity index (χ0n) is 17.9. The van der Waals surface area contributed by atoms with Gasteiger partial charge in [-0.2, -0.15) is 8.78 Å². The minimum atomic E-state index is -2.89. The van der Waals surface area contributed by atoms with E-state index in [4.69, 9.17) is 4.74 Å². The first-order chi connectivity index (χ1) is 14.4. The van der Waals surface area contributed by atoms with Crippen LogP contribution in [0.4, 0.5) is 8.78 Å². The van der Waals surface area contributed by atoms with Gasteiger partial charge in [0.05, 0.1) is 7.11 Å². The first-order valence-corrected chi connectivity index (χ1v) is 9.77. The highest BCUT2D eigenvalue weighted by Crippen LogP contribution is 2.25. The van der Waals surface area contributed by atoms with E-state index in [0.717, 1.165) is 18.7 Å². The van der Waals surface area contributed by atoms with Gasteiger partial charge in [0.15, 0.2) is 5.96 Å². The summed E-state index contributed by atoms with van der Waals surface area (Å²) in [5, 5.41) is 6.37. The number of hydrogen-bond acceptors (Lipinski definition) is 4. The largest absolute Gasteiger partial charge is 0.497 e. The molecule has 2 aromatic rings. The Kier molecular flexibility index (Phi) is 9.34. The number of hydrogen-bond donors (Lipinski definition) is 2. The maximum Gasteiger partial charge on any atom is 0.387 e. The summed E-state index contributed by atoms with van der Waals surface area (Å²) in [7, 11) is 5.26. The van der Waals surface area contributed by atoms with Gasteiger partial charge < -0.3 is 25.0 Å². The lowest BCUT2D eigenvalue weighted by Crippen LogP contribution is -2.36. The Morgan fingerprint density at radius 1 is 1.10 bits per heavy atom. The molecule has 0 bridgehead atoms. The number of rotatable bonds is 10. The summed E-state index contributed by atoms with van der Waals surface area (Å²) in [6.07, 6.45) is 0. The van der Waals surface area contributed by atoms with Crippen molar-refractivity contribution in [2.45, 2.75) is 33.2 Å². The average molecular weight is 421 g/mol. The van der Waals surface area contributed by atoms with Crippen molar-refractivity contribution in [1.82, 2.24) is 15.5 Å². The lowest BCUT2D eigenvalue weighted by Gasteiger charge is -2.16. The highest BCUT2D eigenvalue weighted by Gasteiger charge is 2.12. The van der Waals surface area contributed by atoms with Gasteiger partial charge in [0.25, 0.3) is 0 Å². The molecular formula is C22H30F2N4O2. The zero-order chi connectivity index (χ0) is 21.9. The van der Waals surface area contributed by atoms with E-state index in [1.165, 1.54) is 18.7 Å². The number of ether oxygens (including phenoxy) is 2. The molecule has 0 saturated heterocycles. The van der Waals surface area contributed by atoms with E-state index < -0.39 is 6.61 Å². The van der Waals surface area contributed by atoms with Gasteiger partial charge in [-0.1, -0.05) is 31.2 Å². The zero-order valence-corrected chi connectivity index (χ0v) is 17.9. The molecule has 8 heteroatoms. The fraction of sp³-hybridized carbons (Fsp3) is 0.409. The molecule has 6 nitrogen and oxygen atoms in total. The van der Waals surface area contributed by atoms with E-state index >= 15 is 0 Å². The van der Waals surface area contributed by atoms with Crippen LogP contribution in [0.5, 0.6) is 11.5 Å². The first kappa shape index (κ1) is 23.4. The van der Waals surface area contributed by atoms with Gasteiger partial charge in [-0.25, -0.2) is 0 Å². The second kappa shape index (κ2) is 12.0. The molecule has 2 rings (SSSR count). The standard InChI is InChI=1S/C22H30F2N4O2/c1-5-28(3)15-17-8-6-7-16(11-17)13-26-22(25-2)27-14-18-12-19(29-4)9-10-20(18)30-21(23)24/h6-12,21H,5,13-15H2,1-4H3,(H2,25,26,27). The number of halogens is 2. The molecule has 0 unspecified atom stereocenters. The smallest absolute Gasteiger partial charge is 0.387 e. The number of alkyl halides is 2. The summed E-state index contributed by atoms with van der Waals surface area (Å²) < 4.78 is 35.1. The van der Waals surface area contributed by atoms with Crippen molar-refractivity contribution in [3.8, 4) is 11.5 Å². The Balaban J connectivity index is 1.98. The molecular weight excluding hydrogens is 390 g/mol. The Bertz CT molecular complexity index is 831. The molecule has 164 valence electrons. The minimum Gasteiger partial charge on any atom is -0.497 e. The van der Waals surface area contributed by atoms with Gasteiger partial charge in [0.2, 0.25) is 0 Å². The Hall–Kier alpha value is -2.87. The first-order valence-electron chi connectivity index (χ1n) is 9.77. The van der Waals surface area contributed by atoms with Crippen LogP contribution >= 0.6 is 0 Å². The van der Waals surface area contributed by atoms with Crippen LogP contribution in [-0.2, 0) is 19.6 Å². The molecule has 0 spiro atoms. The molecule has 0 aliphatic heterocycles. The van der Waals surface area contributed by atoms with Crippen LogP contribution < -0.4 is 20.1 Å². The number of benzene rings is 2. The van der Waals surface area contributed by atoms with Gasteiger partial charge in [0.1, 0.15) is 11.5 Å². The molecule has 0 heterocycles. The number of aliphatic imine (C=N–C) groups is 1. The molecule has 2 aromatic carbocycles. The van der Waals surface area contributed by atoms with E-state index in [1.807, 2.05) is 12.1 Å². The molecule has 2 N–H and O–H groups in total. The lowest BCUT2D eigenvalue weighted by molar-refractivity contribution is -0.0504. The maximum atomic E-state index is 12.7. The molecule has 0 aliphatic rings. The Morgan fingerprint density at radius 3 is 2.50 bits per heavy atom. The fourth-order valence-corrected chi connectivity index (χ4v) is 2.88. The van der Waals surface area contributed by atoms with Crippen molar-refractivity contribution in [2.75, 3.05) is 27.7 Å². The highest BCUT2D eigenvalue weighted by molar-refractivity contribution is 5.79. The highest BCUT2D eigenvalue weighted by atomic mass is 19.3. The van der Waals surface area contributed by atoms with E-state index in [9.17, 15) is 8.78 Å². The van der Waals surface area contributed by atoms with Crippen molar-refractivity contribution in [3.05, 3.63) is 59.2 Å². The molecule has 0 aliphatic carbocycles. The summed E-state index contributed by atoms with van der Waals surface area (Å²) >= 11 is 0. The predicted octanol–water partition coefficient (Wildman–Crippen LogP) is 3.61. The number of guanidine groups is 1. The number of nitrogens with one attached hydrogen (secondary N) is 2. The van der Waals surface area contributed by atoms with Crippen LogP contribution in [-0.4, -0.2) is 45.2 Å². The Labute approximate surface area is 176 Å². The van der Waals surface area contributed by atoms with E-state index in [-0.39, 0.29) is 12.3 Å². The minimum absolute atomic E-state index is 0.0986. The molecule has 0 radical (unpaired) electrons. The van der Waals surface area contributed by atoms with Crippen molar-refractivity contribution < 1.29 is 18.3 Å². The van der Waals surface area contributed by atoms with E-state index in [2.05, 4.69) is 51.4 Å². The second-order valence-electron chi connectivity index (χ2n) is 6.78. The Morgan fingerprint density at radius 2 is 1.83 bits per heavy atom. The second-order valence-corrected chi connectivity index (χ2v) is 6.78. The van der Waals surface area contributed by atoms with E-state index in [1.54, 1.807) is 19.2 Å². The SMILES string of the molecule is CCN(C)Cc1cccc(CNC(=NC)NCc2cc(OC)ccc2OC(F)F)c1. The van der Waals surface area contributed by atoms with E-state index in [0.29, 0.717) is 23.8 Å². The molecule has 0 amide bonds. The van der Waals surface area contributed by atoms with Crippen molar-refractivity contribution >= 4 is 5.96 Å². The van der Waals surface area contributed by atoms with Crippen molar-refractivity contribution in [1.29, 1.82) is 0 Å². The van der Waals surface area contributed by atoms with Crippen molar-refractivity contribution in [2.24, 2.45) is 4.99 Å². The molecule has 0 saturated carbocycles. The third kappa shape index (κ3) is 7.51. The third-order valence-corrected chi connectivity index (χ3v) is 4.60. The van der Waals surface area contributed by atoms with Crippen LogP contribution in [0, 0.1) is 0 Å². The molecule has 0 fully saturated rings. The maximum absolute atomic E-state index is 12.7. The monoisotopic (exact) mass is 420 g/mol. The topological polar surface area (TPSA) is 58.1 Å². The summed E-state index contributed by atoms with van der Waals surface area (Å²) in [5.41, 5.74) is 2.91. The van der Waals surface area contributed by atoms with Crippen LogP contribution in [0.1, 0.15) is 23.6 Å². The number of nitrogens with zero attached hydrogens (tertiary/aromatic N) is 2.